The maximum Gasteiger partial charge on any atom is 0.334 e. The summed E-state index contributed by atoms with van der Waals surface area (Å²) in [5.74, 6) is 0.0454. The molecule has 0 saturated carbocycles. The summed E-state index contributed by atoms with van der Waals surface area (Å²) in [6.45, 7) is 2.73. The number of rotatable bonds is 5. The van der Waals surface area contributed by atoms with Crippen LogP contribution in [-0.2, 0) is 6.54 Å². The summed E-state index contributed by atoms with van der Waals surface area (Å²) in [6.07, 6.45) is 3.38. The van der Waals surface area contributed by atoms with E-state index in [0.717, 1.165) is 38.0 Å². The highest BCUT2D eigenvalue weighted by Crippen LogP contribution is 2.38. The molecule has 0 atom stereocenters. The first-order valence-corrected chi connectivity index (χ1v) is 9.03. The Labute approximate surface area is 158 Å². The molecule has 2 heterocycles. The molecule has 0 aliphatic carbocycles. The van der Waals surface area contributed by atoms with E-state index in [4.69, 9.17) is 11.5 Å². The van der Waals surface area contributed by atoms with Crippen molar-refractivity contribution in [2.45, 2.75) is 25.3 Å². The minimum absolute atomic E-state index is 0.125. The third-order valence-corrected chi connectivity index (χ3v) is 5.22. The molecule has 0 unspecified atom stereocenters. The second kappa shape index (κ2) is 7.79. The molecular weight excluding hydrogens is 344 g/mol. The lowest BCUT2D eigenvalue weighted by molar-refractivity contribution is -0.383. The normalized spacial score (nSPS) is 15.6. The molecule has 0 spiro atoms. The van der Waals surface area contributed by atoms with Crippen molar-refractivity contribution < 1.29 is 4.92 Å². The van der Waals surface area contributed by atoms with Crippen molar-refractivity contribution in [3.8, 4) is 0 Å². The third-order valence-electron chi connectivity index (χ3n) is 5.22. The molecule has 1 saturated heterocycles. The van der Waals surface area contributed by atoms with E-state index in [1.807, 2.05) is 14.1 Å². The molecule has 1 aliphatic heterocycles. The summed E-state index contributed by atoms with van der Waals surface area (Å²) >= 11 is 0. The van der Waals surface area contributed by atoms with Gasteiger partial charge in [0, 0.05) is 38.1 Å². The fourth-order valence-electron chi connectivity index (χ4n) is 3.62. The quantitative estimate of drug-likeness (QED) is 0.614. The topological polar surface area (TPSA) is 115 Å². The lowest BCUT2D eigenvalue weighted by atomic mass is 9.89. The standard InChI is InChI=1S/C19H26N6O2/c1-23(2)15-5-3-13(4-6-15)12-24-9-7-14(8-10-24)16-11-22-19(21)18(17(16)20)25(26)27/h3-6,11,14H,7-10,12H2,1-2H3,(H4,20,21,22). The summed E-state index contributed by atoms with van der Waals surface area (Å²) in [6, 6.07) is 8.57. The lowest BCUT2D eigenvalue weighted by Crippen LogP contribution is -2.32. The van der Waals surface area contributed by atoms with E-state index in [1.165, 1.54) is 11.3 Å². The number of nitrogens with zero attached hydrogens (tertiary/aromatic N) is 4. The van der Waals surface area contributed by atoms with Gasteiger partial charge in [-0.3, -0.25) is 15.0 Å². The van der Waals surface area contributed by atoms with Crippen LogP contribution in [-0.4, -0.2) is 42.0 Å². The van der Waals surface area contributed by atoms with Crippen LogP contribution in [0, 0.1) is 10.1 Å². The number of benzene rings is 1. The van der Waals surface area contributed by atoms with Crippen molar-refractivity contribution in [3.63, 3.8) is 0 Å². The van der Waals surface area contributed by atoms with Gasteiger partial charge in [0.15, 0.2) is 0 Å². The number of nitrogen functional groups attached to an aromatic ring is 2. The van der Waals surface area contributed by atoms with Crippen LogP contribution < -0.4 is 16.4 Å². The molecule has 8 heteroatoms. The van der Waals surface area contributed by atoms with Crippen molar-refractivity contribution in [1.82, 2.24) is 9.88 Å². The molecule has 1 aromatic carbocycles. The summed E-state index contributed by atoms with van der Waals surface area (Å²) in [5.41, 5.74) is 14.7. The van der Waals surface area contributed by atoms with Crippen LogP contribution in [0.1, 0.15) is 29.9 Å². The summed E-state index contributed by atoms with van der Waals surface area (Å²) < 4.78 is 0. The van der Waals surface area contributed by atoms with Gasteiger partial charge in [-0.15, -0.1) is 0 Å². The molecule has 1 fully saturated rings. The summed E-state index contributed by atoms with van der Waals surface area (Å²) in [7, 11) is 4.06. The van der Waals surface area contributed by atoms with E-state index in [-0.39, 0.29) is 23.1 Å². The van der Waals surface area contributed by atoms with E-state index in [1.54, 1.807) is 6.20 Å². The fourth-order valence-corrected chi connectivity index (χ4v) is 3.62. The van der Waals surface area contributed by atoms with Crippen LogP contribution in [0.15, 0.2) is 30.5 Å². The van der Waals surface area contributed by atoms with Gasteiger partial charge in [-0.25, -0.2) is 4.98 Å². The van der Waals surface area contributed by atoms with Crippen LogP contribution in [0.4, 0.5) is 22.9 Å². The van der Waals surface area contributed by atoms with E-state index in [9.17, 15) is 10.1 Å². The minimum atomic E-state index is -0.548. The van der Waals surface area contributed by atoms with E-state index in [0.29, 0.717) is 0 Å². The van der Waals surface area contributed by atoms with Crippen LogP contribution >= 0.6 is 0 Å². The molecule has 1 aromatic heterocycles. The molecule has 144 valence electrons. The lowest BCUT2D eigenvalue weighted by Gasteiger charge is -2.32. The van der Waals surface area contributed by atoms with Crippen LogP contribution in [0.5, 0.6) is 0 Å². The van der Waals surface area contributed by atoms with Gasteiger partial charge in [0.2, 0.25) is 5.82 Å². The van der Waals surface area contributed by atoms with Crippen molar-refractivity contribution in [3.05, 3.63) is 51.7 Å². The average molecular weight is 370 g/mol. The number of likely N-dealkylation sites (tertiary alicyclic amines) is 1. The first kappa shape index (κ1) is 18.9. The number of nitrogens with two attached hydrogens (primary N) is 2. The zero-order chi connectivity index (χ0) is 19.6. The maximum absolute atomic E-state index is 11.2. The first-order valence-electron chi connectivity index (χ1n) is 9.03. The van der Waals surface area contributed by atoms with Crippen molar-refractivity contribution in [2.24, 2.45) is 0 Å². The number of piperidine rings is 1. The number of nitro groups is 1. The number of anilines is 3. The molecule has 3 rings (SSSR count). The molecule has 1 aliphatic rings. The van der Waals surface area contributed by atoms with Gasteiger partial charge < -0.3 is 16.4 Å². The Kier molecular flexibility index (Phi) is 5.46. The Balaban J connectivity index is 1.64. The highest BCUT2D eigenvalue weighted by Gasteiger charge is 2.28. The van der Waals surface area contributed by atoms with E-state index in [2.05, 4.69) is 39.0 Å². The summed E-state index contributed by atoms with van der Waals surface area (Å²) in [4.78, 5) is 19.1. The average Bonchev–Trinajstić information content (AvgIpc) is 2.63. The second-order valence-electron chi connectivity index (χ2n) is 7.23. The van der Waals surface area contributed by atoms with Gasteiger partial charge in [0.1, 0.15) is 5.69 Å². The van der Waals surface area contributed by atoms with E-state index < -0.39 is 4.92 Å². The Morgan fingerprint density at radius 2 is 1.85 bits per heavy atom. The van der Waals surface area contributed by atoms with Crippen LogP contribution in [0.25, 0.3) is 0 Å². The number of pyridine rings is 1. The molecule has 0 amide bonds. The Morgan fingerprint density at radius 3 is 2.41 bits per heavy atom. The van der Waals surface area contributed by atoms with Crippen LogP contribution in [0.2, 0.25) is 0 Å². The molecule has 4 N–H and O–H groups in total. The van der Waals surface area contributed by atoms with Crippen molar-refractivity contribution in [2.75, 3.05) is 43.6 Å². The van der Waals surface area contributed by atoms with Gasteiger partial charge >= 0.3 is 5.69 Å². The van der Waals surface area contributed by atoms with Gasteiger partial charge in [0.05, 0.1) is 4.92 Å². The van der Waals surface area contributed by atoms with Gasteiger partial charge in [-0.05, 0) is 49.5 Å². The third kappa shape index (κ3) is 4.11. The van der Waals surface area contributed by atoms with Gasteiger partial charge in [0.25, 0.3) is 0 Å². The number of hydrogen-bond donors (Lipinski definition) is 2. The molecule has 8 nitrogen and oxygen atoms in total. The highest BCUT2D eigenvalue weighted by atomic mass is 16.6. The SMILES string of the molecule is CN(C)c1ccc(CN2CCC(c3cnc(N)c([N+](=O)[O-])c3N)CC2)cc1. The predicted octanol–water partition coefficient (Wildman–Crippen LogP) is 2.60. The predicted molar refractivity (Wildman–Crippen MR) is 108 cm³/mol. The maximum atomic E-state index is 11.2. The number of hydrogen-bond acceptors (Lipinski definition) is 7. The summed E-state index contributed by atoms with van der Waals surface area (Å²) in [5, 5.41) is 11.2. The second-order valence-corrected chi connectivity index (χ2v) is 7.23. The molecule has 0 bridgehead atoms. The van der Waals surface area contributed by atoms with Gasteiger partial charge in [-0.2, -0.15) is 0 Å². The zero-order valence-corrected chi connectivity index (χ0v) is 15.8. The highest BCUT2D eigenvalue weighted by molar-refractivity contribution is 5.72. The van der Waals surface area contributed by atoms with Crippen LogP contribution in [0.3, 0.4) is 0 Å². The number of aromatic nitrogens is 1. The smallest absolute Gasteiger partial charge is 0.334 e. The molecular formula is C19H26N6O2. The monoisotopic (exact) mass is 370 g/mol. The Morgan fingerprint density at radius 1 is 1.22 bits per heavy atom. The molecule has 0 radical (unpaired) electrons. The van der Waals surface area contributed by atoms with E-state index >= 15 is 0 Å². The molecule has 27 heavy (non-hydrogen) atoms. The van der Waals surface area contributed by atoms with Crippen molar-refractivity contribution in [1.29, 1.82) is 0 Å². The van der Waals surface area contributed by atoms with Gasteiger partial charge in [-0.1, -0.05) is 12.1 Å². The fraction of sp³-hybridized carbons (Fsp3) is 0.421. The minimum Gasteiger partial charge on any atom is -0.393 e. The largest absolute Gasteiger partial charge is 0.393 e. The van der Waals surface area contributed by atoms with Crippen molar-refractivity contribution >= 4 is 22.9 Å². The Hall–Kier alpha value is -2.87. The zero-order valence-electron chi connectivity index (χ0n) is 15.8. The Bertz CT molecular complexity index is 814. The first-order chi connectivity index (χ1) is 12.9. The molecule has 2 aromatic rings.